The van der Waals surface area contributed by atoms with Gasteiger partial charge in [-0.15, -0.1) is 0 Å². The van der Waals surface area contributed by atoms with Gasteiger partial charge in [0.05, 0.1) is 11.4 Å². The van der Waals surface area contributed by atoms with Gasteiger partial charge in [0.2, 0.25) is 0 Å². The fourth-order valence-electron chi connectivity index (χ4n) is 3.88. The topological polar surface area (TPSA) is 88.7 Å². The van der Waals surface area contributed by atoms with Crippen LogP contribution in [-0.4, -0.2) is 43.3 Å². The molecule has 0 unspecified atom stereocenters. The quantitative estimate of drug-likeness (QED) is 0.232. The lowest BCUT2D eigenvalue weighted by atomic mass is 10.1. The van der Waals surface area contributed by atoms with Crippen molar-refractivity contribution in [1.29, 1.82) is 5.41 Å². The summed E-state index contributed by atoms with van der Waals surface area (Å²) in [5, 5.41) is 12.3. The maximum absolute atomic E-state index is 12.7. The highest BCUT2D eigenvalue weighted by Gasteiger charge is 2.23. The summed E-state index contributed by atoms with van der Waals surface area (Å²) in [4.78, 5) is 16.9. The van der Waals surface area contributed by atoms with Crippen LogP contribution in [0.5, 0.6) is 0 Å². The molecule has 0 aromatic heterocycles. The van der Waals surface area contributed by atoms with E-state index in [1.807, 2.05) is 65.6 Å². The minimum atomic E-state index is 0.0792. The molecule has 1 aliphatic heterocycles. The third-order valence-electron chi connectivity index (χ3n) is 5.68. The molecule has 1 heterocycles. The Balaban J connectivity index is 1.46. The van der Waals surface area contributed by atoms with E-state index in [0.717, 1.165) is 47.6 Å². The Bertz CT molecular complexity index is 1050. The van der Waals surface area contributed by atoms with Gasteiger partial charge in [0.25, 0.3) is 5.91 Å². The van der Waals surface area contributed by atoms with Gasteiger partial charge in [-0.3, -0.25) is 15.2 Å². The van der Waals surface area contributed by atoms with Gasteiger partial charge in [0.15, 0.2) is 0 Å². The van der Waals surface area contributed by atoms with Crippen LogP contribution in [0.3, 0.4) is 0 Å². The first kappa shape index (κ1) is 21.4. The molecule has 0 saturated carbocycles. The van der Waals surface area contributed by atoms with Crippen molar-refractivity contribution >= 4 is 29.3 Å². The number of amides is 1. The number of rotatable bonds is 7. The zero-order valence-electron chi connectivity index (χ0n) is 17.9. The van der Waals surface area contributed by atoms with Crippen molar-refractivity contribution in [2.75, 3.05) is 41.4 Å². The first-order valence-corrected chi connectivity index (χ1v) is 10.7. The van der Waals surface area contributed by atoms with E-state index in [9.17, 15) is 4.79 Å². The van der Waals surface area contributed by atoms with Crippen molar-refractivity contribution in [3.05, 3.63) is 90.0 Å². The van der Waals surface area contributed by atoms with E-state index in [-0.39, 0.29) is 5.91 Å². The van der Waals surface area contributed by atoms with Gasteiger partial charge in [-0.05, 0) is 35.9 Å². The number of carbonyl (C=O) groups excluding carboxylic acids is 1. The van der Waals surface area contributed by atoms with Gasteiger partial charge >= 0.3 is 0 Å². The Kier molecular flexibility index (Phi) is 6.67. The molecule has 4 N–H and O–H groups in total. The number of nitrogens with two attached hydrogens (primary N) is 1. The molecule has 0 atom stereocenters. The predicted octanol–water partition coefficient (Wildman–Crippen LogP) is 3.55. The second-order valence-corrected chi connectivity index (χ2v) is 7.72. The lowest BCUT2D eigenvalue weighted by molar-refractivity contribution is 0.0747. The highest BCUT2D eigenvalue weighted by Crippen LogP contribution is 2.30. The molecule has 0 bridgehead atoms. The molecular formula is C25H28N6O. The summed E-state index contributed by atoms with van der Waals surface area (Å²) < 4.78 is 0. The lowest BCUT2D eigenvalue weighted by Gasteiger charge is -2.36. The molecule has 1 amide bonds. The van der Waals surface area contributed by atoms with Crippen molar-refractivity contribution < 1.29 is 4.79 Å². The second-order valence-electron chi connectivity index (χ2n) is 7.72. The van der Waals surface area contributed by atoms with Crippen LogP contribution in [0.2, 0.25) is 0 Å². The molecule has 4 rings (SSSR count). The van der Waals surface area contributed by atoms with Crippen LogP contribution in [0, 0.1) is 5.41 Å². The van der Waals surface area contributed by atoms with E-state index in [1.165, 1.54) is 5.01 Å². The van der Waals surface area contributed by atoms with Gasteiger partial charge in [0, 0.05) is 44.0 Å². The van der Waals surface area contributed by atoms with Crippen molar-refractivity contribution in [3.63, 3.8) is 0 Å². The molecule has 7 nitrogen and oxygen atoms in total. The number of nitrogens with one attached hydrogen (secondary N) is 2. The molecule has 0 aliphatic carbocycles. The molecule has 1 fully saturated rings. The van der Waals surface area contributed by atoms with Gasteiger partial charge in [-0.2, -0.15) is 0 Å². The van der Waals surface area contributed by atoms with Gasteiger partial charge in [-0.25, -0.2) is 5.84 Å². The van der Waals surface area contributed by atoms with Crippen LogP contribution in [0.15, 0.2) is 78.9 Å². The number of carbonyl (C=O) groups is 1. The first-order chi connectivity index (χ1) is 15.7. The van der Waals surface area contributed by atoms with Crippen LogP contribution >= 0.6 is 0 Å². The van der Waals surface area contributed by atoms with Crippen molar-refractivity contribution in [2.45, 2.75) is 6.54 Å². The summed E-state index contributed by atoms with van der Waals surface area (Å²) in [6, 6.07) is 25.6. The second kappa shape index (κ2) is 9.98. The van der Waals surface area contributed by atoms with E-state index in [2.05, 4.69) is 28.4 Å². The highest BCUT2D eigenvalue weighted by molar-refractivity contribution is 5.94. The van der Waals surface area contributed by atoms with Crippen molar-refractivity contribution in [2.24, 2.45) is 5.84 Å². The number of piperazine rings is 1. The van der Waals surface area contributed by atoms with Crippen LogP contribution in [0.4, 0.5) is 17.1 Å². The fraction of sp³-hybridized carbons (Fsp3) is 0.200. The third-order valence-corrected chi connectivity index (χ3v) is 5.68. The molecule has 32 heavy (non-hydrogen) atoms. The summed E-state index contributed by atoms with van der Waals surface area (Å²) in [7, 11) is 0. The number of hydrazine groups is 1. The minimum Gasteiger partial charge on any atom is -0.379 e. The number of anilines is 3. The Morgan fingerprint density at radius 1 is 0.969 bits per heavy atom. The van der Waals surface area contributed by atoms with Gasteiger partial charge in [0.1, 0.15) is 6.34 Å². The smallest absolute Gasteiger partial charge is 0.253 e. The molecule has 3 aromatic carbocycles. The summed E-state index contributed by atoms with van der Waals surface area (Å²) in [5.74, 6) is 6.07. The van der Waals surface area contributed by atoms with Crippen LogP contribution in [0.1, 0.15) is 15.9 Å². The molecule has 1 aliphatic rings. The monoisotopic (exact) mass is 428 g/mol. The maximum atomic E-state index is 12.7. The lowest BCUT2D eigenvalue weighted by Crippen LogP contribution is -2.48. The van der Waals surface area contributed by atoms with E-state index in [4.69, 9.17) is 11.3 Å². The Labute approximate surface area is 188 Å². The Morgan fingerprint density at radius 3 is 2.28 bits per heavy atom. The van der Waals surface area contributed by atoms with E-state index in [0.29, 0.717) is 19.6 Å². The summed E-state index contributed by atoms with van der Waals surface area (Å²) in [6.45, 7) is 3.51. The Morgan fingerprint density at radius 2 is 1.62 bits per heavy atom. The van der Waals surface area contributed by atoms with Gasteiger partial charge < -0.3 is 15.1 Å². The number of benzene rings is 3. The molecule has 3 aromatic rings. The molecule has 7 heteroatoms. The van der Waals surface area contributed by atoms with Crippen LogP contribution in [0.25, 0.3) is 0 Å². The zero-order chi connectivity index (χ0) is 22.3. The summed E-state index contributed by atoms with van der Waals surface area (Å²) >= 11 is 0. The predicted molar refractivity (Wildman–Crippen MR) is 130 cm³/mol. The van der Waals surface area contributed by atoms with Gasteiger partial charge in [-0.1, -0.05) is 48.5 Å². The normalized spacial score (nSPS) is 13.5. The number of hydrogen-bond acceptors (Lipinski definition) is 5. The van der Waals surface area contributed by atoms with Crippen molar-refractivity contribution in [3.8, 4) is 0 Å². The largest absolute Gasteiger partial charge is 0.379 e. The molecule has 1 saturated heterocycles. The fourth-order valence-corrected chi connectivity index (χ4v) is 3.88. The average Bonchev–Trinajstić information content (AvgIpc) is 2.87. The number of hydrogen-bond donors (Lipinski definition) is 3. The van der Waals surface area contributed by atoms with Crippen LogP contribution < -0.4 is 21.1 Å². The maximum Gasteiger partial charge on any atom is 0.253 e. The molecule has 0 radical (unpaired) electrons. The SMILES string of the molecule is N=CN(N)c1ccc(N2CCN(C(=O)c3ccccc3)CC2)cc1NCc1ccccc1. The van der Waals surface area contributed by atoms with Crippen molar-refractivity contribution in [1.82, 2.24) is 4.90 Å². The van der Waals surface area contributed by atoms with E-state index < -0.39 is 0 Å². The first-order valence-electron chi connectivity index (χ1n) is 10.7. The molecular weight excluding hydrogens is 400 g/mol. The number of nitrogens with zero attached hydrogens (tertiary/aromatic N) is 3. The molecule has 164 valence electrons. The minimum absolute atomic E-state index is 0.0792. The third kappa shape index (κ3) is 4.90. The highest BCUT2D eigenvalue weighted by atomic mass is 16.2. The zero-order valence-corrected chi connectivity index (χ0v) is 17.9. The summed E-state index contributed by atoms with van der Waals surface area (Å²) in [5.41, 5.74) is 4.55. The summed E-state index contributed by atoms with van der Waals surface area (Å²) in [6.07, 6.45) is 1.09. The van der Waals surface area contributed by atoms with E-state index >= 15 is 0 Å². The molecule has 0 spiro atoms. The van der Waals surface area contributed by atoms with Crippen LogP contribution in [-0.2, 0) is 6.54 Å². The standard InChI is InChI=1S/C25H28N6O/c26-19-31(27)24-12-11-22(17-23(24)28-18-20-7-3-1-4-8-20)29-13-15-30(16-14-29)25(32)21-9-5-2-6-10-21/h1-12,17,19,26,28H,13-16,18,27H2. The van der Waals surface area contributed by atoms with E-state index in [1.54, 1.807) is 0 Å². The Hall–Kier alpha value is -3.84. The average molecular weight is 429 g/mol.